The van der Waals surface area contributed by atoms with Gasteiger partial charge in [-0.15, -0.1) is 0 Å². The van der Waals surface area contributed by atoms with E-state index in [-0.39, 0.29) is 25.0 Å². The first kappa shape index (κ1) is 18.7. The molecular weight excluding hydrogens is 316 g/mol. The number of carbonyl (C=O) groups excluding carboxylic acids is 2. The van der Waals surface area contributed by atoms with Gasteiger partial charge in [-0.25, -0.2) is 0 Å². The number of carbonyl (C=O) groups is 2. The van der Waals surface area contributed by atoms with Gasteiger partial charge >= 0.3 is 5.97 Å². The summed E-state index contributed by atoms with van der Waals surface area (Å²) >= 11 is 0. The summed E-state index contributed by atoms with van der Waals surface area (Å²) in [5.41, 5.74) is 2.22. The van der Waals surface area contributed by atoms with Crippen LogP contribution in [0.3, 0.4) is 0 Å². The van der Waals surface area contributed by atoms with Gasteiger partial charge in [0.1, 0.15) is 0 Å². The molecule has 0 aromatic heterocycles. The van der Waals surface area contributed by atoms with Crippen LogP contribution in [0.4, 0.5) is 0 Å². The van der Waals surface area contributed by atoms with Crippen molar-refractivity contribution in [1.29, 1.82) is 0 Å². The van der Waals surface area contributed by atoms with Crippen molar-refractivity contribution in [3.05, 3.63) is 71.8 Å². The van der Waals surface area contributed by atoms with E-state index >= 15 is 0 Å². The van der Waals surface area contributed by atoms with Crippen LogP contribution in [0.2, 0.25) is 0 Å². The first-order chi connectivity index (χ1) is 12.2. The van der Waals surface area contributed by atoms with Gasteiger partial charge in [0.15, 0.2) is 0 Å². The Labute approximate surface area is 148 Å². The fraction of sp³-hybridized carbons (Fsp3) is 0.300. The van der Waals surface area contributed by atoms with E-state index in [0.29, 0.717) is 13.1 Å². The number of amides is 1. The molecule has 0 spiro atoms. The van der Waals surface area contributed by atoms with Crippen LogP contribution in [0.25, 0.3) is 0 Å². The fourth-order valence-corrected chi connectivity index (χ4v) is 2.51. The summed E-state index contributed by atoms with van der Waals surface area (Å²) in [6.45, 7) is 1.32. The first-order valence-electron chi connectivity index (χ1n) is 8.31. The molecule has 5 nitrogen and oxygen atoms in total. The monoisotopic (exact) mass is 340 g/mol. The van der Waals surface area contributed by atoms with Gasteiger partial charge in [0, 0.05) is 13.1 Å². The number of ether oxygens (including phenoxy) is 1. The van der Waals surface area contributed by atoms with Crippen molar-refractivity contribution in [1.82, 2.24) is 10.2 Å². The Morgan fingerprint density at radius 3 is 2.12 bits per heavy atom. The van der Waals surface area contributed by atoms with Crippen LogP contribution in [0.15, 0.2) is 60.7 Å². The molecule has 0 aliphatic rings. The van der Waals surface area contributed by atoms with Gasteiger partial charge in [0.2, 0.25) is 5.91 Å². The molecule has 0 aliphatic heterocycles. The minimum atomic E-state index is -0.354. The van der Waals surface area contributed by atoms with Crippen molar-refractivity contribution in [3.8, 4) is 0 Å². The van der Waals surface area contributed by atoms with Crippen molar-refractivity contribution in [3.63, 3.8) is 0 Å². The summed E-state index contributed by atoms with van der Waals surface area (Å²) in [5.74, 6) is -0.455. The highest BCUT2D eigenvalue weighted by Gasteiger charge is 2.15. The minimum absolute atomic E-state index is 0.0809. The summed E-state index contributed by atoms with van der Waals surface area (Å²) < 4.78 is 4.73. The second-order valence-corrected chi connectivity index (χ2v) is 5.79. The summed E-state index contributed by atoms with van der Waals surface area (Å²) in [4.78, 5) is 25.6. The highest BCUT2D eigenvalue weighted by molar-refractivity contribution is 5.79. The SMILES string of the molecule is COC(=O)CN(CC(=O)NCCc1ccccc1)Cc1ccccc1. The second-order valence-electron chi connectivity index (χ2n) is 5.79. The molecule has 0 bridgehead atoms. The van der Waals surface area contributed by atoms with Gasteiger partial charge < -0.3 is 10.1 Å². The summed E-state index contributed by atoms with van der Waals surface area (Å²) in [6, 6.07) is 19.7. The van der Waals surface area contributed by atoms with Crippen LogP contribution >= 0.6 is 0 Å². The smallest absolute Gasteiger partial charge is 0.319 e. The average molecular weight is 340 g/mol. The molecule has 0 saturated carbocycles. The van der Waals surface area contributed by atoms with Crippen LogP contribution in [0.1, 0.15) is 11.1 Å². The number of nitrogens with one attached hydrogen (secondary N) is 1. The Balaban J connectivity index is 1.84. The Morgan fingerprint density at radius 2 is 1.52 bits per heavy atom. The zero-order valence-electron chi connectivity index (χ0n) is 14.5. The van der Waals surface area contributed by atoms with Crippen LogP contribution in [-0.4, -0.2) is 43.5 Å². The van der Waals surface area contributed by atoms with Gasteiger partial charge in [-0.2, -0.15) is 0 Å². The zero-order chi connectivity index (χ0) is 17.9. The number of nitrogens with zero attached hydrogens (tertiary/aromatic N) is 1. The van der Waals surface area contributed by atoms with E-state index in [9.17, 15) is 9.59 Å². The molecule has 0 aliphatic carbocycles. The van der Waals surface area contributed by atoms with Gasteiger partial charge in [0.05, 0.1) is 20.2 Å². The predicted molar refractivity (Wildman–Crippen MR) is 96.9 cm³/mol. The van der Waals surface area contributed by atoms with Gasteiger partial charge in [-0.05, 0) is 17.5 Å². The van der Waals surface area contributed by atoms with E-state index in [1.165, 1.54) is 12.7 Å². The van der Waals surface area contributed by atoms with Crippen LogP contribution in [0, 0.1) is 0 Å². The summed E-state index contributed by atoms with van der Waals surface area (Å²) in [6.07, 6.45) is 0.780. The van der Waals surface area contributed by atoms with Crippen LogP contribution in [0.5, 0.6) is 0 Å². The third kappa shape index (κ3) is 7.18. The molecule has 0 atom stereocenters. The molecule has 25 heavy (non-hydrogen) atoms. The van der Waals surface area contributed by atoms with E-state index in [1.807, 2.05) is 60.7 Å². The lowest BCUT2D eigenvalue weighted by Crippen LogP contribution is -2.40. The van der Waals surface area contributed by atoms with E-state index in [0.717, 1.165) is 12.0 Å². The summed E-state index contributed by atoms with van der Waals surface area (Å²) in [7, 11) is 1.35. The standard InChI is InChI=1S/C20H24N2O3/c1-25-20(24)16-22(14-18-10-6-3-7-11-18)15-19(23)21-13-12-17-8-4-2-5-9-17/h2-11H,12-16H2,1H3,(H,21,23). The molecule has 0 unspecified atom stereocenters. The number of hydrogen-bond acceptors (Lipinski definition) is 4. The third-order valence-electron chi connectivity index (χ3n) is 3.78. The molecule has 2 aromatic carbocycles. The van der Waals surface area contributed by atoms with Crippen LogP contribution < -0.4 is 5.32 Å². The van der Waals surface area contributed by atoms with Gasteiger partial charge in [-0.1, -0.05) is 60.7 Å². The van der Waals surface area contributed by atoms with Crippen LogP contribution in [-0.2, 0) is 27.3 Å². The highest BCUT2D eigenvalue weighted by atomic mass is 16.5. The molecule has 2 aromatic rings. The maximum absolute atomic E-state index is 12.2. The number of methoxy groups -OCH3 is 1. The highest BCUT2D eigenvalue weighted by Crippen LogP contribution is 2.04. The average Bonchev–Trinajstić information content (AvgIpc) is 2.63. The molecule has 1 N–H and O–H groups in total. The predicted octanol–water partition coefficient (Wildman–Crippen LogP) is 2.02. The van der Waals surface area contributed by atoms with Crippen molar-refractivity contribution < 1.29 is 14.3 Å². The lowest BCUT2D eigenvalue weighted by molar-refractivity contribution is -0.142. The van der Waals surface area contributed by atoms with E-state index < -0.39 is 0 Å². The van der Waals surface area contributed by atoms with E-state index in [2.05, 4.69) is 5.32 Å². The fourth-order valence-electron chi connectivity index (χ4n) is 2.51. The third-order valence-corrected chi connectivity index (χ3v) is 3.78. The molecule has 132 valence electrons. The zero-order valence-corrected chi connectivity index (χ0v) is 14.5. The van der Waals surface area contributed by atoms with Gasteiger partial charge in [-0.3, -0.25) is 14.5 Å². The first-order valence-corrected chi connectivity index (χ1v) is 8.31. The largest absolute Gasteiger partial charge is 0.468 e. The molecule has 5 heteroatoms. The molecule has 0 saturated heterocycles. The van der Waals surface area contributed by atoms with Crippen molar-refractivity contribution in [2.45, 2.75) is 13.0 Å². The molecule has 0 heterocycles. The quantitative estimate of drug-likeness (QED) is 0.710. The minimum Gasteiger partial charge on any atom is -0.468 e. The Hall–Kier alpha value is -2.66. The van der Waals surface area contributed by atoms with Gasteiger partial charge in [0.25, 0.3) is 0 Å². The Morgan fingerprint density at radius 1 is 0.920 bits per heavy atom. The maximum atomic E-state index is 12.2. The number of benzene rings is 2. The molecule has 2 rings (SSSR count). The molecule has 1 amide bonds. The number of rotatable bonds is 9. The lowest BCUT2D eigenvalue weighted by Gasteiger charge is -2.20. The number of esters is 1. The maximum Gasteiger partial charge on any atom is 0.319 e. The van der Waals surface area contributed by atoms with Crippen molar-refractivity contribution >= 4 is 11.9 Å². The number of hydrogen-bond donors (Lipinski definition) is 1. The normalized spacial score (nSPS) is 10.5. The van der Waals surface area contributed by atoms with E-state index in [1.54, 1.807) is 4.90 Å². The van der Waals surface area contributed by atoms with Crippen molar-refractivity contribution in [2.24, 2.45) is 0 Å². The van der Waals surface area contributed by atoms with E-state index in [4.69, 9.17) is 4.74 Å². The molecular formula is C20H24N2O3. The molecule has 0 fully saturated rings. The second kappa shape index (κ2) is 10.3. The summed E-state index contributed by atoms with van der Waals surface area (Å²) in [5, 5.41) is 2.91. The lowest BCUT2D eigenvalue weighted by atomic mass is 10.1. The topological polar surface area (TPSA) is 58.6 Å². The molecule has 0 radical (unpaired) electrons. The Kier molecular flexibility index (Phi) is 7.66. The van der Waals surface area contributed by atoms with Crippen molar-refractivity contribution in [2.75, 3.05) is 26.7 Å². The Bertz CT molecular complexity index is 659.